The first-order valence-corrected chi connectivity index (χ1v) is 7.96. The number of likely N-dealkylation sites (tertiary alicyclic amines) is 1. The third kappa shape index (κ3) is 3.81. The second-order valence-electron chi connectivity index (χ2n) is 6.32. The second kappa shape index (κ2) is 7.25. The molecule has 1 amide bonds. The smallest absolute Gasteiger partial charge is 0.266 e. The van der Waals surface area contributed by atoms with Crippen LogP contribution in [0, 0.1) is 0 Å². The molecule has 7 nitrogen and oxygen atoms in total. The summed E-state index contributed by atoms with van der Waals surface area (Å²) in [5.74, 6) is -0.0991. The van der Waals surface area contributed by atoms with Gasteiger partial charge < -0.3 is 30.1 Å². The highest BCUT2D eigenvalue weighted by Gasteiger charge is 2.47. The number of piperidine rings is 1. The lowest BCUT2D eigenvalue weighted by molar-refractivity contribution is -0.176. The fourth-order valence-electron chi connectivity index (χ4n) is 2.71. The molecule has 0 bridgehead atoms. The van der Waals surface area contributed by atoms with E-state index >= 15 is 0 Å². The normalized spacial score (nSPS) is 27.9. The molecule has 134 valence electrons. The average molecular weight is 360 g/mol. The Kier molecular flexibility index (Phi) is 5.72. The molecular formula is C16H22ClNO6. The fourth-order valence-corrected chi connectivity index (χ4v) is 2.84. The number of aliphatic hydroxyl groups is 4. The second-order valence-corrected chi connectivity index (χ2v) is 6.76. The van der Waals surface area contributed by atoms with Gasteiger partial charge in [0.15, 0.2) is 5.60 Å². The molecule has 1 aromatic carbocycles. The minimum absolute atomic E-state index is 0.213. The van der Waals surface area contributed by atoms with E-state index in [-0.39, 0.29) is 6.54 Å². The summed E-state index contributed by atoms with van der Waals surface area (Å²) in [6.45, 7) is 2.33. The maximum absolute atomic E-state index is 12.8. The number of ether oxygens (including phenoxy) is 1. The zero-order chi connectivity index (χ0) is 18.1. The van der Waals surface area contributed by atoms with Crippen LogP contribution in [-0.2, 0) is 4.79 Å². The van der Waals surface area contributed by atoms with Crippen LogP contribution in [-0.4, -0.2) is 74.3 Å². The molecule has 0 spiro atoms. The molecule has 1 aromatic rings. The first-order valence-electron chi connectivity index (χ1n) is 7.58. The Morgan fingerprint density at radius 3 is 2.38 bits per heavy atom. The topological polar surface area (TPSA) is 110 Å². The average Bonchev–Trinajstić information content (AvgIpc) is 2.53. The molecule has 24 heavy (non-hydrogen) atoms. The van der Waals surface area contributed by atoms with Crippen molar-refractivity contribution in [1.82, 2.24) is 4.90 Å². The first-order chi connectivity index (χ1) is 11.2. The van der Waals surface area contributed by atoms with Gasteiger partial charge in [-0.3, -0.25) is 4.79 Å². The Morgan fingerprint density at radius 1 is 1.25 bits per heavy atom. The zero-order valence-electron chi connectivity index (χ0n) is 13.5. The van der Waals surface area contributed by atoms with Gasteiger partial charge in [-0.1, -0.05) is 11.6 Å². The van der Waals surface area contributed by atoms with Crippen LogP contribution in [0.2, 0.25) is 5.02 Å². The number of carbonyl (C=O) groups excluding carboxylic acids is 1. The minimum Gasteiger partial charge on any atom is -0.478 e. The van der Waals surface area contributed by atoms with Gasteiger partial charge in [0, 0.05) is 11.6 Å². The van der Waals surface area contributed by atoms with E-state index in [4.69, 9.17) is 16.3 Å². The van der Waals surface area contributed by atoms with E-state index in [1.807, 2.05) is 0 Å². The van der Waals surface area contributed by atoms with Crippen LogP contribution in [0.3, 0.4) is 0 Å². The van der Waals surface area contributed by atoms with E-state index < -0.39 is 42.5 Å². The van der Waals surface area contributed by atoms with Crippen LogP contribution in [0.4, 0.5) is 0 Å². The largest absolute Gasteiger partial charge is 0.478 e. The number of nitrogens with zero attached hydrogens (tertiary/aromatic N) is 1. The fraction of sp³-hybridized carbons (Fsp3) is 0.562. The van der Waals surface area contributed by atoms with E-state index in [1.54, 1.807) is 38.1 Å². The molecular weight excluding hydrogens is 338 g/mol. The van der Waals surface area contributed by atoms with Crippen molar-refractivity contribution in [2.24, 2.45) is 0 Å². The number of benzene rings is 1. The lowest BCUT2D eigenvalue weighted by Crippen LogP contribution is -2.66. The van der Waals surface area contributed by atoms with Gasteiger partial charge in [0.1, 0.15) is 24.1 Å². The van der Waals surface area contributed by atoms with Crippen molar-refractivity contribution in [3.8, 4) is 5.75 Å². The van der Waals surface area contributed by atoms with Gasteiger partial charge >= 0.3 is 0 Å². The highest BCUT2D eigenvalue weighted by Crippen LogP contribution is 2.26. The van der Waals surface area contributed by atoms with E-state index in [2.05, 4.69) is 0 Å². The third-order valence-corrected chi connectivity index (χ3v) is 4.32. The lowest BCUT2D eigenvalue weighted by atomic mass is 9.92. The van der Waals surface area contributed by atoms with E-state index in [9.17, 15) is 25.2 Å². The highest BCUT2D eigenvalue weighted by molar-refractivity contribution is 6.30. The summed E-state index contributed by atoms with van der Waals surface area (Å²) in [5, 5.41) is 39.5. The highest BCUT2D eigenvalue weighted by atomic mass is 35.5. The Hall–Kier alpha value is -1.38. The quantitative estimate of drug-likeness (QED) is 0.592. The van der Waals surface area contributed by atoms with E-state index in [0.717, 1.165) is 4.90 Å². The summed E-state index contributed by atoms with van der Waals surface area (Å²) >= 11 is 5.81. The molecule has 1 saturated heterocycles. The number of β-amino-alcohol motifs (C(OH)–C–C–N with tert-alkyl or cyclic N) is 1. The van der Waals surface area contributed by atoms with Crippen molar-refractivity contribution in [3.63, 3.8) is 0 Å². The number of carbonyl (C=O) groups is 1. The summed E-state index contributed by atoms with van der Waals surface area (Å²) in [7, 11) is 0. The number of amides is 1. The van der Waals surface area contributed by atoms with Crippen LogP contribution in [0.1, 0.15) is 13.8 Å². The molecule has 0 radical (unpaired) electrons. The van der Waals surface area contributed by atoms with Gasteiger partial charge in [-0.05, 0) is 38.1 Å². The van der Waals surface area contributed by atoms with E-state index in [0.29, 0.717) is 10.8 Å². The predicted molar refractivity (Wildman–Crippen MR) is 86.8 cm³/mol. The standard InChI is InChI=1S/C16H22ClNO6/c1-16(2,24-10-5-3-9(17)4-6-10)15(23)18-7-12(20)14(22)13(21)11(18)8-19/h3-6,11-14,19-22H,7-8H2,1-2H3/t11?,12-,13+,14+/m0/s1. The molecule has 1 aliphatic rings. The Labute approximate surface area is 145 Å². The summed E-state index contributed by atoms with van der Waals surface area (Å²) in [5.41, 5.74) is -1.32. The van der Waals surface area contributed by atoms with Crippen LogP contribution < -0.4 is 4.74 Å². The molecule has 8 heteroatoms. The summed E-state index contributed by atoms with van der Waals surface area (Å²) in [6.07, 6.45) is -4.18. The monoisotopic (exact) mass is 359 g/mol. The van der Waals surface area contributed by atoms with Crippen molar-refractivity contribution < 1.29 is 30.0 Å². The van der Waals surface area contributed by atoms with E-state index in [1.165, 1.54) is 0 Å². The van der Waals surface area contributed by atoms with Gasteiger partial charge in [-0.25, -0.2) is 0 Å². The Bertz CT molecular complexity index is 578. The van der Waals surface area contributed by atoms with Gasteiger partial charge in [0.05, 0.1) is 12.6 Å². The van der Waals surface area contributed by atoms with Gasteiger partial charge in [-0.15, -0.1) is 0 Å². The van der Waals surface area contributed by atoms with Crippen LogP contribution >= 0.6 is 11.6 Å². The Balaban J connectivity index is 2.19. The number of rotatable bonds is 4. The number of hydrogen-bond donors (Lipinski definition) is 4. The molecule has 1 fully saturated rings. The van der Waals surface area contributed by atoms with Crippen molar-refractivity contribution in [3.05, 3.63) is 29.3 Å². The summed E-state index contributed by atoms with van der Waals surface area (Å²) < 4.78 is 5.70. The summed E-state index contributed by atoms with van der Waals surface area (Å²) in [6, 6.07) is 5.45. The van der Waals surface area contributed by atoms with Crippen molar-refractivity contribution in [1.29, 1.82) is 0 Å². The van der Waals surface area contributed by atoms with Crippen molar-refractivity contribution in [2.75, 3.05) is 13.2 Å². The van der Waals surface area contributed by atoms with Crippen LogP contribution in [0.5, 0.6) is 5.75 Å². The molecule has 1 heterocycles. The number of halogens is 1. The SMILES string of the molecule is CC(C)(Oc1ccc(Cl)cc1)C(=O)N1C[C@H](O)[C@@H](O)[C@H](O)C1CO. The van der Waals surface area contributed by atoms with Crippen LogP contribution in [0.25, 0.3) is 0 Å². The predicted octanol–water partition coefficient (Wildman–Crippen LogP) is -0.217. The molecule has 1 aliphatic heterocycles. The maximum Gasteiger partial charge on any atom is 0.266 e. The van der Waals surface area contributed by atoms with Gasteiger partial charge in [0.2, 0.25) is 0 Å². The third-order valence-electron chi connectivity index (χ3n) is 4.07. The van der Waals surface area contributed by atoms with Crippen molar-refractivity contribution in [2.45, 2.75) is 43.8 Å². The van der Waals surface area contributed by atoms with Gasteiger partial charge in [-0.2, -0.15) is 0 Å². The minimum atomic E-state index is -1.45. The Morgan fingerprint density at radius 2 is 1.83 bits per heavy atom. The molecule has 2 rings (SSSR count). The van der Waals surface area contributed by atoms with Crippen LogP contribution in [0.15, 0.2) is 24.3 Å². The van der Waals surface area contributed by atoms with Gasteiger partial charge in [0.25, 0.3) is 5.91 Å². The molecule has 0 saturated carbocycles. The van der Waals surface area contributed by atoms with Crippen molar-refractivity contribution >= 4 is 17.5 Å². The maximum atomic E-state index is 12.8. The molecule has 0 aromatic heterocycles. The zero-order valence-corrected chi connectivity index (χ0v) is 14.2. The molecule has 0 aliphatic carbocycles. The molecule has 1 unspecified atom stereocenters. The lowest BCUT2D eigenvalue weighted by Gasteiger charge is -2.45. The molecule has 4 atom stereocenters. The first kappa shape index (κ1) is 19.0. The summed E-state index contributed by atoms with van der Waals surface area (Å²) in [4.78, 5) is 14.0. The number of aliphatic hydroxyl groups excluding tert-OH is 4. The molecule has 4 N–H and O–H groups in total. The number of hydrogen-bond acceptors (Lipinski definition) is 6.